The molecule has 2 atom stereocenters. The Kier molecular flexibility index (Phi) is 4.34. The van der Waals surface area contributed by atoms with E-state index < -0.39 is 4.92 Å². The second kappa shape index (κ2) is 6.00. The maximum atomic E-state index is 12.3. The molecular formula is C14H19N3O3. The molecule has 1 aliphatic heterocycles. The van der Waals surface area contributed by atoms with Gasteiger partial charge in [0, 0.05) is 11.6 Å². The van der Waals surface area contributed by atoms with E-state index in [-0.39, 0.29) is 23.2 Å². The minimum Gasteiger partial charge on any atom is -0.349 e. The first-order valence-corrected chi connectivity index (χ1v) is 6.76. The highest BCUT2D eigenvalue weighted by molar-refractivity contribution is 5.98. The van der Waals surface area contributed by atoms with Gasteiger partial charge in [-0.25, -0.2) is 0 Å². The van der Waals surface area contributed by atoms with Gasteiger partial charge >= 0.3 is 0 Å². The van der Waals surface area contributed by atoms with E-state index in [9.17, 15) is 14.9 Å². The molecule has 2 unspecified atom stereocenters. The van der Waals surface area contributed by atoms with Crippen molar-refractivity contribution in [3.8, 4) is 0 Å². The van der Waals surface area contributed by atoms with Crippen molar-refractivity contribution in [2.24, 2.45) is 5.92 Å². The number of amides is 1. The lowest BCUT2D eigenvalue weighted by molar-refractivity contribution is -0.385. The van der Waals surface area contributed by atoms with E-state index in [2.05, 4.69) is 17.6 Å². The molecule has 0 saturated carbocycles. The summed E-state index contributed by atoms with van der Waals surface area (Å²) in [5, 5.41) is 17.3. The highest BCUT2D eigenvalue weighted by atomic mass is 16.6. The maximum Gasteiger partial charge on any atom is 0.285 e. The topological polar surface area (TPSA) is 84.3 Å². The number of hydrogen-bond donors (Lipinski definition) is 2. The van der Waals surface area contributed by atoms with Crippen molar-refractivity contribution in [2.75, 3.05) is 13.1 Å². The first-order valence-electron chi connectivity index (χ1n) is 6.76. The fourth-order valence-corrected chi connectivity index (χ4v) is 2.56. The molecular weight excluding hydrogens is 258 g/mol. The van der Waals surface area contributed by atoms with Crippen molar-refractivity contribution < 1.29 is 9.72 Å². The number of benzene rings is 1. The van der Waals surface area contributed by atoms with Gasteiger partial charge in [-0.1, -0.05) is 19.1 Å². The fraction of sp³-hybridized carbons (Fsp3) is 0.500. The van der Waals surface area contributed by atoms with E-state index in [1.165, 1.54) is 6.07 Å². The number of aryl methyl sites for hydroxylation is 1. The largest absolute Gasteiger partial charge is 0.349 e. The smallest absolute Gasteiger partial charge is 0.285 e. The molecule has 20 heavy (non-hydrogen) atoms. The Bertz CT molecular complexity index is 530. The van der Waals surface area contributed by atoms with Gasteiger partial charge in [0.1, 0.15) is 5.56 Å². The fourth-order valence-electron chi connectivity index (χ4n) is 2.56. The van der Waals surface area contributed by atoms with Gasteiger partial charge in [0.25, 0.3) is 11.6 Å². The third-order valence-corrected chi connectivity index (χ3v) is 3.77. The van der Waals surface area contributed by atoms with Crippen LogP contribution in [-0.2, 0) is 0 Å². The third-order valence-electron chi connectivity index (χ3n) is 3.77. The molecule has 1 aliphatic rings. The quantitative estimate of drug-likeness (QED) is 0.649. The Morgan fingerprint density at radius 1 is 1.50 bits per heavy atom. The summed E-state index contributed by atoms with van der Waals surface area (Å²) in [7, 11) is 0. The molecule has 1 heterocycles. The second-order valence-electron chi connectivity index (χ2n) is 5.28. The van der Waals surface area contributed by atoms with Crippen LogP contribution < -0.4 is 10.6 Å². The van der Waals surface area contributed by atoms with Crippen LogP contribution in [0.4, 0.5) is 5.69 Å². The zero-order valence-corrected chi connectivity index (χ0v) is 11.7. The van der Waals surface area contributed by atoms with Gasteiger partial charge in [-0.15, -0.1) is 0 Å². The summed E-state index contributed by atoms with van der Waals surface area (Å²) in [5.74, 6) is -0.0456. The molecule has 6 nitrogen and oxygen atoms in total. The molecule has 6 heteroatoms. The third kappa shape index (κ3) is 2.96. The van der Waals surface area contributed by atoms with Gasteiger partial charge in [0.05, 0.1) is 4.92 Å². The summed E-state index contributed by atoms with van der Waals surface area (Å²) in [6.45, 7) is 5.40. The van der Waals surface area contributed by atoms with E-state index >= 15 is 0 Å². The lowest BCUT2D eigenvalue weighted by Gasteiger charge is -2.30. The van der Waals surface area contributed by atoms with E-state index in [0.717, 1.165) is 19.5 Å². The Hall–Kier alpha value is -1.95. The van der Waals surface area contributed by atoms with E-state index in [1.54, 1.807) is 19.1 Å². The number of nitrogens with zero attached hydrogens (tertiary/aromatic N) is 1. The molecule has 2 rings (SSSR count). The number of hydrogen-bond acceptors (Lipinski definition) is 4. The number of para-hydroxylation sites is 1. The summed E-state index contributed by atoms with van der Waals surface area (Å²) >= 11 is 0. The van der Waals surface area contributed by atoms with Crippen molar-refractivity contribution in [3.05, 3.63) is 39.4 Å². The van der Waals surface area contributed by atoms with Gasteiger partial charge in [-0.2, -0.15) is 0 Å². The Morgan fingerprint density at radius 3 is 2.90 bits per heavy atom. The summed E-state index contributed by atoms with van der Waals surface area (Å²) in [4.78, 5) is 22.9. The first-order chi connectivity index (χ1) is 9.50. The number of nitro groups is 1. The predicted molar refractivity (Wildman–Crippen MR) is 75.7 cm³/mol. The van der Waals surface area contributed by atoms with Crippen LogP contribution in [-0.4, -0.2) is 30.0 Å². The molecule has 1 aromatic carbocycles. The Labute approximate surface area is 117 Å². The highest BCUT2D eigenvalue weighted by Gasteiger charge is 2.27. The van der Waals surface area contributed by atoms with Crippen molar-refractivity contribution in [3.63, 3.8) is 0 Å². The Morgan fingerprint density at radius 2 is 2.25 bits per heavy atom. The van der Waals surface area contributed by atoms with Crippen LogP contribution in [0.15, 0.2) is 18.2 Å². The molecule has 0 aliphatic carbocycles. The average molecular weight is 277 g/mol. The van der Waals surface area contributed by atoms with Crippen LogP contribution in [0.25, 0.3) is 0 Å². The number of rotatable bonds is 3. The van der Waals surface area contributed by atoms with Gasteiger partial charge < -0.3 is 10.6 Å². The number of nitrogens with one attached hydrogen (secondary N) is 2. The molecule has 0 aromatic heterocycles. The number of carbonyl (C=O) groups is 1. The summed E-state index contributed by atoms with van der Waals surface area (Å²) in [6.07, 6.45) is 0.840. The lowest BCUT2D eigenvalue weighted by atomic mass is 9.95. The number of carbonyl (C=O) groups excluding carboxylic acids is 1. The van der Waals surface area contributed by atoms with E-state index in [1.807, 2.05) is 0 Å². The van der Waals surface area contributed by atoms with Crippen molar-refractivity contribution in [1.82, 2.24) is 10.6 Å². The van der Waals surface area contributed by atoms with Crippen LogP contribution in [0.2, 0.25) is 0 Å². The van der Waals surface area contributed by atoms with Crippen LogP contribution in [0.5, 0.6) is 0 Å². The molecule has 1 amide bonds. The van der Waals surface area contributed by atoms with Crippen molar-refractivity contribution in [1.29, 1.82) is 0 Å². The molecule has 1 fully saturated rings. The number of piperidine rings is 1. The first kappa shape index (κ1) is 14.5. The van der Waals surface area contributed by atoms with Gasteiger partial charge in [-0.05, 0) is 38.4 Å². The van der Waals surface area contributed by atoms with Crippen molar-refractivity contribution in [2.45, 2.75) is 26.3 Å². The predicted octanol–water partition coefficient (Wildman–Crippen LogP) is 1.63. The van der Waals surface area contributed by atoms with Crippen molar-refractivity contribution >= 4 is 11.6 Å². The van der Waals surface area contributed by atoms with Gasteiger partial charge in [0.2, 0.25) is 0 Å². The minimum atomic E-state index is -0.490. The highest BCUT2D eigenvalue weighted by Crippen LogP contribution is 2.23. The van der Waals surface area contributed by atoms with Gasteiger partial charge in [0.15, 0.2) is 0 Å². The average Bonchev–Trinajstić information content (AvgIpc) is 2.40. The normalized spacial score (nSPS) is 22.3. The minimum absolute atomic E-state index is 0.0591. The molecule has 2 N–H and O–H groups in total. The maximum absolute atomic E-state index is 12.3. The Balaban J connectivity index is 2.21. The molecule has 0 spiro atoms. The second-order valence-corrected chi connectivity index (χ2v) is 5.28. The van der Waals surface area contributed by atoms with Gasteiger partial charge in [-0.3, -0.25) is 14.9 Å². The number of nitro benzene ring substituents is 1. The molecule has 0 bridgehead atoms. The molecule has 0 radical (unpaired) electrons. The van der Waals surface area contributed by atoms with Crippen LogP contribution >= 0.6 is 0 Å². The van der Waals surface area contributed by atoms with E-state index in [0.29, 0.717) is 11.5 Å². The standard InChI is InChI=1S/C14H19N3O3/c1-9-4-3-5-11(13(9)17(19)20)14(18)16-12-6-7-15-8-10(12)2/h3-5,10,12,15H,6-8H2,1-2H3,(H,16,18). The summed E-state index contributed by atoms with van der Waals surface area (Å²) in [5.41, 5.74) is 0.535. The van der Waals surface area contributed by atoms with E-state index in [4.69, 9.17) is 0 Å². The zero-order chi connectivity index (χ0) is 14.7. The van der Waals surface area contributed by atoms with Crippen LogP contribution in [0.3, 0.4) is 0 Å². The SMILES string of the molecule is Cc1cccc(C(=O)NC2CCNCC2C)c1[N+](=O)[O-]. The monoisotopic (exact) mass is 277 g/mol. The molecule has 108 valence electrons. The molecule has 1 saturated heterocycles. The zero-order valence-electron chi connectivity index (χ0n) is 11.7. The summed E-state index contributed by atoms with van der Waals surface area (Å²) in [6, 6.07) is 4.88. The van der Waals surface area contributed by atoms with Crippen LogP contribution in [0, 0.1) is 23.0 Å². The van der Waals surface area contributed by atoms with Crippen LogP contribution in [0.1, 0.15) is 29.3 Å². The lowest BCUT2D eigenvalue weighted by Crippen LogP contribution is -2.48. The summed E-state index contributed by atoms with van der Waals surface area (Å²) < 4.78 is 0. The molecule has 1 aromatic rings.